The molecule has 2 heterocycles. The fourth-order valence-electron chi connectivity index (χ4n) is 3.56. The third kappa shape index (κ3) is 2.67. The first-order valence-electron chi connectivity index (χ1n) is 7.69. The summed E-state index contributed by atoms with van der Waals surface area (Å²) in [4.78, 5) is 11.3. The Morgan fingerprint density at radius 1 is 1.33 bits per heavy atom. The van der Waals surface area contributed by atoms with Crippen LogP contribution in [0.1, 0.15) is 31.5 Å². The second kappa shape index (κ2) is 5.93. The van der Waals surface area contributed by atoms with Crippen LogP contribution in [0.3, 0.4) is 0 Å². The molecule has 3 rings (SSSR count). The largest absolute Gasteiger partial charge is 0.326 e. The van der Waals surface area contributed by atoms with E-state index in [2.05, 4.69) is 34.6 Å². The molecule has 2 aromatic rings. The number of hydrogen-bond donors (Lipinski definition) is 0. The van der Waals surface area contributed by atoms with Gasteiger partial charge in [0.25, 0.3) is 0 Å². The summed E-state index contributed by atoms with van der Waals surface area (Å²) in [7, 11) is 4.40. The monoisotopic (exact) mass is 306 g/mol. The van der Waals surface area contributed by atoms with E-state index in [1.807, 2.05) is 12.4 Å². The molecule has 5 heteroatoms. The second-order valence-corrected chi connectivity index (χ2v) is 6.62. The number of pyridine rings is 1. The Morgan fingerprint density at radius 2 is 2.10 bits per heavy atom. The van der Waals surface area contributed by atoms with Crippen LogP contribution in [0.4, 0.5) is 0 Å². The van der Waals surface area contributed by atoms with E-state index in [9.17, 15) is 0 Å². The van der Waals surface area contributed by atoms with Crippen LogP contribution in [-0.2, 0) is 13.0 Å². The second-order valence-electron chi connectivity index (χ2n) is 6.24. The number of hydrogen-bond acceptors (Lipinski definition) is 3. The van der Waals surface area contributed by atoms with Crippen molar-refractivity contribution in [2.45, 2.75) is 44.2 Å². The molecule has 0 radical (unpaired) electrons. The van der Waals surface area contributed by atoms with Gasteiger partial charge in [0.15, 0.2) is 0 Å². The summed E-state index contributed by atoms with van der Waals surface area (Å²) >= 11 is 5.97. The van der Waals surface area contributed by atoms with Crippen molar-refractivity contribution >= 4 is 22.6 Å². The highest BCUT2D eigenvalue weighted by Crippen LogP contribution is 2.36. The molecular formula is C16H23ClN4. The quantitative estimate of drug-likeness (QED) is 0.796. The normalized spacial score (nSPS) is 17.9. The van der Waals surface area contributed by atoms with Crippen molar-refractivity contribution in [1.29, 1.82) is 0 Å². The lowest BCUT2D eigenvalue weighted by Crippen LogP contribution is -2.45. The zero-order valence-corrected chi connectivity index (χ0v) is 13.6. The predicted molar refractivity (Wildman–Crippen MR) is 86.8 cm³/mol. The Labute approximate surface area is 131 Å². The zero-order chi connectivity index (χ0) is 14.9. The Kier molecular flexibility index (Phi) is 4.18. The number of aryl methyl sites for hydroxylation is 1. The van der Waals surface area contributed by atoms with Gasteiger partial charge in [0, 0.05) is 30.6 Å². The average molecular weight is 307 g/mol. The van der Waals surface area contributed by atoms with Crippen LogP contribution in [0.5, 0.6) is 0 Å². The van der Waals surface area contributed by atoms with Gasteiger partial charge in [-0.2, -0.15) is 0 Å². The van der Waals surface area contributed by atoms with Gasteiger partial charge in [-0.05, 0) is 33.0 Å². The van der Waals surface area contributed by atoms with E-state index in [4.69, 9.17) is 16.6 Å². The molecule has 0 saturated heterocycles. The van der Waals surface area contributed by atoms with E-state index in [1.54, 1.807) is 0 Å². The zero-order valence-electron chi connectivity index (χ0n) is 12.8. The van der Waals surface area contributed by atoms with Gasteiger partial charge < -0.3 is 9.47 Å². The lowest BCUT2D eigenvalue weighted by molar-refractivity contribution is 0.134. The molecule has 1 fully saturated rings. The van der Waals surface area contributed by atoms with E-state index in [-0.39, 0.29) is 5.54 Å². The molecule has 0 aromatic carbocycles. The molecular weight excluding hydrogens is 284 g/mol. The molecule has 1 aliphatic carbocycles. The first-order valence-corrected chi connectivity index (χ1v) is 8.22. The van der Waals surface area contributed by atoms with Gasteiger partial charge >= 0.3 is 0 Å². The van der Waals surface area contributed by atoms with Gasteiger partial charge in [-0.25, -0.2) is 4.98 Å². The Balaban J connectivity index is 2.03. The molecule has 0 N–H and O–H groups in total. The maximum Gasteiger partial charge on any atom is 0.111 e. The summed E-state index contributed by atoms with van der Waals surface area (Å²) in [6.07, 6.45) is 9.65. The molecule has 0 aliphatic heterocycles. The summed E-state index contributed by atoms with van der Waals surface area (Å²) in [6, 6.07) is 2.07. The highest BCUT2D eigenvalue weighted by Gasteiger charge is 2.37. The predicted octanol–water partition coefficient (Wildman–Crippen LogP) is 3.09. The summed E-state index contributed by atoms with van der Waals surface area (Å²) in [5.74, 6) is 1.69. The maximum absolute atomic E-state index is 5.97. The minimum atomic E-state index is 0.248. The smallest absolute Gasteiger partial charge is 0.111 e. The van der Waals surface area contributed by atoms with Crippen molar-refractivity contribution in [3.8, 4) is 0 Å². The molecule has 0 spiro atoms. The van der Waals surface area contributed by atoms with Crippen LogP contribution < -0.4 is 0 Å². The Morgan fingerprint density at radius 3 is 2.76 bits per heavy atom. The number of likely N-dealkylation sites (N-methyl/N-ethyl adjacent to an activating group) is 1. The molecule has 1 saturated carbocycles. The number of alkyl halides is 1. The average Bonchev–Trinajstić information content (AvgIpc) is 3.07. The molecule has 0 bridgehead atoms. The van der Waals surface area contributed by atoms with Gasteiger partial charge in [-0.3, -0.25) is 4.98 Å². The van der Waals surface area contributed by atoms with E-state index < -0.39 is 0 Å². The minimum Gasteiger partial charge on any atom is -0.326 e. The first-order chi connectivity index (χ1) is 10.2. The van der Waals surface area contributed by atoms with E-state index in [1.165, 1.54) is 31.2 Å². The molecule has 1 aliphatic rings. The van der Waals surface area contributed by atoms with E-state index >= 15 is 0 Å². The van der Waals surface area contributed by atoms with Crippen molar-refractivity contribution in [2.24, 2.45) is 0 Å². The summed E-state index contributed by atoms with van der Waals surface area (Å²) in [6.45, 7) is 0.993. The van der Waals surface area contributed by atoms with Crippen molar-refractivity contribution in [3.05, 3.63) is 24.3 Å². The Bertz CT molecular complexity index is 614. The topological polar surface area (TPSA) is 34.0 Å². The van der Waals surface area contributed by atoms with Crippen LogP contribution in [0.2, 0.25) is 0 Å². The lowest BCUT2D eigenvalue weighted by atomic mass is 9.95. The van der Waals surface area contributed by atoms with E-state index in [0.717, 1.165) is 24.3 Å². The van der Waals surface area contributed by atoms with Crippen molar-refractivity contribution in [3.63, 3.8) is 0 Å². The van der Waals surface area contributed by atoms with Crippen molar-refractivity contribution in [1.82, 2.24) is 19.4 Å². The highest BCUT2D eigenvalue weighted by molar-refractivity contribution is 6.17. The summed E-state index contributed by atoms with van der Waals surface area (Å²) < 4.78 is 2.37. The number of nitrogens with zero attached hydrogens (tertiary/aromatic N) is 4. The third-order valence-electron chi connectivity index (χ3n) is 4.88. The summed E-state index contributed by atoms with van der Waals surface area (Å²) in [5.41, 5.74) is 2.40. The first kappa shape index (κ1) is 14.8. The molecule has 0 unspecified atom stereocenters. The van der Waals surface area contributed by atoms with Crippen LogP contribution in [0, 0.1) is 0 Å². The van der Waals surface area contributed by atoms with Crippen LogP contribution in [0.15, 0.2) is 18.5 Å². The number of fused-ring (bicyclic) bond motifs is 1. The van der Waals surface area contributed by atoms with Crippen LogP contribution >= 0.6 is 11.6 Å². The van der Waals surface area contributed by atoms with Gasteiger partial charge in [0.1, 0.15) is 11.3 Å². The molecule has 114 valence electrons. The molecule has 21 heavy (non-hydrogen) atoms. The van der Waals surface area contributed by atoms with Gasteiger partial charge in [-0.1, -0.05) is 12.8 Å². The fourth-order valence-corrected chi connectivity index (χ4v) is 3.73. The van der Waals surface area contributed by atoms with E-state index in [0.29, 0.717) is 5.88 Å². The molecule has 4 nitrogen and oxygen atoms in total. The van der Waals surface area contributed by atoms with Gasteiger partial charge in [0.2, 0.25) is 0 Å². The molecule has 2 aromatic heterocycles. The lowest BCUT2D eigenvalue weighted by Gasteiger charge is -2.37. The highest BCUT2D eigenvalue weighted by atomic mass is 35.5. The van der Waals surface area contributed by atoms with Crippen LogP contribution in [0.25, 0.3) is 11.0 Å². The van der Waals surface area contributed by atoms with Gasteiger partial charge in [0.05, 0.1) is 11.7 Å². The summed E-state index contributed by atoms with van der Waals surface area (Å²) in [5, 5.41) is 0. The number of imidazole rings is 1. The van der Waals surface area contributed by atoms with Crippen LogP contribution in [-0.4, -0.2) is 44.9 Å². The third-order valence-corrected chi connectivity index (χ3v) is 5.07. The SMILES string of the molecule is CN(C)C1(Cn2c(CCCl)nc3cnccc32)CCCC1. The Hall–Kier alpha value is -1.13. The number of rotatable bonds is 5. The van der Waals surface area contributed by atoms with Crippen molar-refractivity contribution < 1.29 is 0 Å². The minimum absolute atomic E-state index is 0.248. The van der Waals surface area contributed by atoms with Gasteiger partial charge in [-0.15, -0.1) is 11.6 Å². The number of aromatic nitrogens is 3. The molecule has 0 atom stereocenters. The van der Waals surface area contributed by atoms with Crippen molar-refractivity contribution in [2.75, 3.05) is 20.0 Å². The maximum atomic E-state index is 5.97. The number of halogens is 1. The molecule has 0 amide bonds. The fraction of sp³-hybridized carbons (Fsp3) is 0.625. The standard InChI is InChI=1S/C16H23ClN4/c1-20(2)16(7-3-4-8-16)12-21-14-6-10-18-11-13(14)19-15(21)5-9-17/h6,10-11H,3-5,7-9,12H2,1-2H3.